The Hall–Kier alpha value is -2.37. The summed E-state index contributed by atoms with van der Waals surface area (Å²) in [7, 11) is 0. The lowest BCUT2D eigenvalue weighted by Gasteiger charge is -2.35. The van der Waals surface area contributed by atoms with Crippen LogP contribution in [0.2, 0.25) is 0 Å². The van der Waals surface area contributed by atoms with Crippen LogP contribution in [0.25, 0.3) is 0 Å². The molecule has 0 aliphatic carbocycles. The Bertz CT molecular complexity index is 673. The molecule has 6 nitrogen and oxygen atoms in total. The van der Waals surface area contributed by atoms with Gasteiger partial charge in [-0.3, -0.25) is 9.59 Å². The lowest BCUT2D eigenvalue weighted by molar-refractivity contribution is -0.151. The lowest BCUT2D eigenvalue weighted by Crippen LogP contribution is -2.49. The van der Waals surface area contributed by atoms with Crippen LogP contribution in [0.3, 0.4) is 0 Å². The second kappa shape index (κ2) is 7.68. The van der Waals surface area contributed by atoms with Crippen molar-refractivity contribution in [2.24, 2.45) is 0 Å². The first-order valence-corrected chi connectivity index (χ1v) is 8.93. The van der Waals surface area contributed by atoms with E-state index in [1.54, 1.807) is 4.90 Å². The smallest absolute Gasteiger partial charge is 0.326 e. The zero-order chi connectivity index (χ0) is 17.8. The summed E-state index contributed by atoms with van der Waals surface area (Å²) in [6, 6.07) is 6.82. The molecular formula is C19H24N2O4. The van der Waals surface area contributed by atoms with Gasteiger partial charge in [0.05, 0.1) is 0 Å². The van der Waals surface area contributed by atoms with Gasteiger partial charge in [0.15, 0.2) is 0 Å². The maximum atomic E-state index is 12.7. The average Bonchev–Trinajstić information content (AvgIpc) is 2.82. The zero-order valence-electron chi connectivity index (χ0n) is 14.3. The van der Waals surface area contributed by atoms with Crippen LogP contribution in [-0.2, 0) is 27.3 Å². The Morgan fingerprint density at radius 2 is 1.88 bits per heavy atom. The number of carboxylic acid groups (broad SMARTS) is 1. The first kappa shape index (κ1) is 17.5. The average molecular weight is 344 g/mol. The number of aliphatic carboxylic acids is 1. The number of rotatable bonds is 4. The number of hydrogen-bond acceptors (Lipinski definition) is 3. The van der Waals surface area contributed by atoms with Gasteiger partial charge in [-0.05, 0) is 24.0 Å². The van der Waals surface area contributed by atoms with E-state index in [-0.39, 0.29) is 18.2 Å². The third kappa shape index (κ3) is 4.00. The molecule has 1 aromatic carbocycles. The SMILES string of the molecule is O=C(O)C1Cc2ccccc2CN1C(=O)CCN1CCCCCC1=O. The van der Waals surface area contributed by atoms with Crippen molar-refractivity contribution in [3.8, 4) is 0 Å². The zero-order valence-corrected chi connectivity index (χ0v) is 14.3. The second-order valence-corrected chi connectivity index (χ2v) is 6.79. The Morgan fingerprint density at radius 3 is 2.64 bits per heavy atom. The summed E-state index contributed by atoms with van der Waals surface area (Å²) in [5.41, 5.74) is 1.99. The summed E-state index contributed by atoms with van der Waals surface area (Å²) in [5, 5.41) is 9.52. The van der Waals surface area contributed by atoms with Crippen molar-refractivity contribution in [1.82, 2.24) is 9.80 Å². The first-order valence-electron chi connectivity index (χ1n) is 8.93. The second-order valence-electron chi connectivity index (χ2n) is 6.79. The van der Waals surface area contributed by atoms with E-state index in [4.69, 9.17) is 0 Å². The highest BCUT2D eigenvalue weighted by Gasteiger charge is 2.34. The number of carbonyl (C=O) groups is 3. The van der Waals surface area contributed by atoms with Gasteiger partial charge >= 0.3 is 5.97 Å². The number of fused-ring (bicyclic) bond motifs is 1. The molecule has 0 saturated carbocycles. The third-order valence-corrected chi connectivity index (χ3v) is 5.12. The normalized spacial score (nSPS) is 20.8. The minimum absolute atomic E-state index is 0.101. The fourth-order valence-corrected chi connectivity index (χ4v) is 3.65. The maximum Gasteiger partial charge on any atom is 0.326 e. The standard InChI is InChI=1S/C19H24N2O4/c22-17-8-2-1-5-10-20(17)11-9-18(23)21-13-15-7-4-3-6-14(15)12-16(21)19(24)25/h3-4,6-7,16H,1-2,5,8-13H2,(H,24,25). The van der Waals surface area contributed by atoms with Crippen molar-refractivity contribution in [3.05, 3.63) is 35.4 Å². The maximum absolute atomic E-state index is 12.7. The first-order chi connectivity index (χ1) is 12.1. The molecule has 2 heterocycles. The highest BCUT2D eigenvalue weighted by Crippen LogP contribution is 2.24. The van der Waals surface area contributed by atoms with Crippen LogP contribution >= 0.6 is 0 Å². The molecule has 2 amide bonds. The molecule has 25 heavy (non-hydrogen) atoms. The summed E-state index contributed by atoms with van der Waals surface area (Å²) < 4.78 is 0. The predicted octanol–water partition coefficient (Wildman–Crippen LogP) is 1.82. The van der Waals surface area contributed by atoms with Gasteiger partial charge in [0.1, 0.15) is 6.04 Å². The summed E-state index contributed by atoms with van der Waals surface area (Å²) in [4.78, 5) is 39.6. The van der Waals surface area contributed by atoms with Gasteiger partial charge in [0.25, 0.3) is 0 Å². The number of benzene rings is 1. The number of nitrogens with zero attached hydrogens (tertiary/aromatic N) is 2. The van der Waals surface area contributed by atoms with Crippen molar-refractivity contribution in [1.29, 1.82) is 0 Å². The Balaban J connectivity index is 1.67. The number of carbonyl (C=O) groups excluding carboxylic acids is 2. The summed E-state index contributed by atoms with van der Waals surface area (Å²) in [6.07, 6.45) is 3.98. The van der Waals surface area contributed by atoms with Gasteiger partial charge < -0.3 is 14.9 Å². The van der Waals surface area contributed by atoms with Crippen molar-refractivity contribution in [3.63, 3.8) is 0 Å². The third-order valence-electron chi connectivity index (χ3n) is 5.12. The van der Waals surface area contributed by atoms with Gasteiger partial charge in [-0.2, -0.15) is 0 Å². The Morgan fingerprint density at radius 1 is 1.12 bits per heavy atom. The number of likely N-dealkylation sites (tertiary alicyclic amines) is 1. The van der Waals surface area contributed by atoms with Crippen molar-refractivity contribution >= 4 is 17.8 Å². The van der Waals surface area contributed by atoms with Crippen LogP contribution in [-0.4, -0.2) is 51.8 Å². The van der Waals surface area contributed by atoms with E-state index in [1.165, 1.54) is 4.90 Å². The predicted molar refractivity (Wildman–Crippen MR) is 91.8 cm³/mol. The highest BCUT2D eigenvalue weighted by atomic mass is 16.4. The quantitative estimate of drug-likeness (QED) is 0.904. The van der Waals surface area contributed by atoms with Crippen LogP contribution in [0.4, 0.5) is 0 Å². The van der Waals surface area contributed by atoms with Crippen LogP contribution < -0.4 is 0 Å². The molecule has 134 valence electrons. The molecule has 0 spiro atoms. The van der Waals surface area contributed by atoms with Gasteiger partial charge in [-0.1, -0.05) is 30.7 Å². The molecule has 1 saturated heterocycles. The van der Waals surface area contributed by atoms with E-state index in [0.29, 0.717) is 32.5 Å². The Kier molecular flexibility index (Phi) is 5.36. The van der Waals surface area contributed by atoms with E-state index in [9.17, 15) is 19.5 Å². The molecule has 3 rings (SSSR count). The molecule has 0 radical (unpaired) electrons. The molecule has 1 atom stereocenters. The molecule has 2 aliphatic heterocycles. The molecular weight excluding hydrogens is 320 g/mol. The van der Waals surface area contributed by atoms with Crippen LogP contribution in [0, 0.1) is 0 Å². The topological polar surface area (TPSA) is 77.9 Å². The fraction of sp³-hybridized carbons (Fsp3) is 0.526. The van der Waals surface area contributed by atoms with Crippen LogP contribution in [0.15, 0.2) is 24.3 Å². The molecule has 6 heteroatoms. The van der Waals surface area contributed by atoms with Crippen molar-refractivity contribution in [2.75, 3.05) is 13.1 Å². The van der Waals surface area contributed by atoms with Crippen molar-refractivity contribution < 1.29 is 19.5 Å². The number of amides is 2. The minimum atomic E-state index is -0.978. The molecule has 0 aromatic heterocycles. The molecule has 2 aliphatic rings. The largest absolute Gasteiger partial charge is 0.480 e. The monoisotopic (exact) mass is 344 g/mol. The number of hydrogen-bond donors (Lipinski definition) is 1. The summed E-state index contributed by atoms with van der Waals surface area (Å²) in [6.45, 7) is 1.39. The minimum Gasteiger partial charge on any atom is -0.480 e. The molecule has 0 bridgehead atoms. The van der Waals surface area contributed by atoms with Crippen LogP contribution in [0.5, 0.6) is 0 Å². The van der Waals surface area contributed by atoms with E-state index in [1.807, 2.05) is 24.3 Å². The van der Waals surface area contributed by atoms with E-state index >= 15 is 0 Å². The number of carboxylic acids is 1. The molecule has 1 N–H and O–H groups in total. The lowest BCUT2D eigenvalue weighted by atomic mass is 9.93. The van der Waals surface area contributed by atoms with Gasteiger partial charge in [0, 0.05) is 38.9 Å². The Labute approximate surface area is 147 Å². The highest BCUT2D eigenvalue weighted by molar-refractivity contribution is 5.85. The fourth-order valence-electron chi connectivity index (χ4n) is 3.65. The molecule has 1 aromatic rings. The van der Waals surface area contributed by atoms with Crippen LogP contribution in [0.1, 0.15) is 43.2 Å². The molecule has 1 fully saturated rings. The summed E-state index contributed by atoms with van der Waals surface area (Å²) >= 11 is 0. The van der Waals surface area contributed by atoms with Gasteiger partial charge in [-0.25, -0.2) is 4.79 Å². The van der Waals surface area contributed by atoms with E-state index in [2.05, 4.69) is 0 Å². The molecule has 1 unspecified atom stereocenters. The summed E-state index contributed by atoms with van der Waals surface area (Å²) in [5.74, 6) is -1.07. The van der Waals surface area contributed by atoms with Crippen molar-refractivity contribution in [2.45, 2.75) is 51.1 Å². The van der Waals surface area contributed by atoms with E-state index < -0.39 is 12.0 Å². The van der Waals surface area contributed by atoms with Gasteiger partial charge in [-0.15, -0.1) is 0 Å². The van der Waals surface area contributed by atoms with E-state index in [0.717, 1.165) is 30.4 Å². The van der Waals surface area contributed by atoms with Gasteiger partial charge in [0.2, 0.25) is 11.8 Å².